The average Bonchev–Trinajstić information content (AvgIpc) is 2.96. The third kappa shape index (κ3) is 4.07. The van der Waals surface area contributed by atoms with Crippen LogP contribution in [0.3, 0.4) is 0 Å². The molecule has 1 aromatic heterocycles. The van der Waals surface area contributed by atoms with E-state index in [0.717, 1.165) is 11.3 Å². The minimum absolute atomic E-state index is 0.137. The number of nitro benzene ring substituents is 1. The van der Waals surface area contributed by atoms with Crippen molar-refractivity contribution in [3.8, 4) is 0 Å². The van der Waals surface area contributed by atoms with Gasteiger partial charge in [0, 0.05) is 34.5 Å². The number of amides is 1. The SMILES string of the molecule is Cc1cc(NC(=O)c2cccc([N+](=O)[O-])c2)nn1Cc1ccc(Cl)cc1. The number of rotatable bonds is 5. The van der Waals surface area contributed by atoms with Crippen molar-refractivity contribution in [1.82, 2.24) is 9.78 Å². The lowest BCUT2D eigenvalue weighted by molar-refractivity contribution is -0.384. The molecule has 0 aliphatic carbocycles. The van der Waals surface area contributed by atoms with E-state index in [9.17, 15) is 14.9 Å². The van der Waals surface area contributed by atoms with Gasteiger partial charge in [0.15, 0.2) is 5.82 Å². The summed E-state index contributed by atoms with van der Waals surface area (Å²) in [6, 6.07) is 14.7. The second-order valence-electron chi connectivity index (χ2n) is 5.72. The average molecular weight is 371 g/mol. The number of benzene rings is 2. The molecule has 7 nitrogen and oxygen atoms in total. The van der Waals surface area contributed by atoms with Gasteiger partial charge < -0.3 is 5.32 Å². The molecule has 0 saturated carbocycles. The number of hydrogen-bond acceptors (Lipinski definition) is 4. The van der Waals surface area contributed by atoms with E-state index in [1.165, 1.54) is 24.3 Å². The molecule has 0 fully saturated rings. The number of carbonyl (C=O) groups excluding carboxylic acids is 1. The molecule has 0 spiro atoms. The van der Waals surface area contributed by atoms with Crippen LogP contribution in [0.4, 0.5) is 11.5 Å². The van der Waals surface area contributed by atoms with Crippen LogP contribution in [0.1, 0.15) is 21.6 Å². The summed E-state index contributed by atoms with van der Waals surface area (Å²) < 4.78 is 1.76. The van der Waals surface area contributed by atoms with E-state index < -0.39 is 10.8 Å². The van der Waals surface area contributed by atoms with Crippen molar-refractivity contribution in [2.75, 3.05) is 5.32 Å². The Labute approximate surface area is 154 Å². The summed E-state index contributed by atoms with van der Waals surface area (Å²) in [5.74, 6) is -0.0715. The fourth-order valence-electron chi connectivity index (χ4n) is 2.44. The zero-order valence-corrected chi connectivity index (χ0v) is 14.6. The number of carbonyl (C=O) groups is 1. The third-order valence-electron chi connectivity index (χ3n) is 3.79. The number of nitrogens with one attached hydrogen (secondary N) is 1. The number of nitrogens with zero attached hydrogens (tertiary/aromatic N) is 3. The first-order valence-corrected chi connectivity index (χ1v) is 8.15. The van der Waals surface area contributed by atoms with E-state index in [2.05, 4.69) is 10.4 Å². The molecule has 0 atom stereocenters. The van der Waals surface area contributed by atoms with E-state index in [-0.39, 0.29) is 11.3 Å². The highest BCUT2D eigenvalue weighted by Gasteiger charge is 2.13. The normalized spacial score (nSPS) is 10.5. The smallest absolute Gasteiger partial charge is 0.270 e. The predicted molar refractivity (Wildman–Crippen MR) is 98.6 cm³/mol. The van der Waals surface area contributed by atoms with Crippen LogP contribution in [0.2, 0.25) is 5.02 Å². The molecule has 0 bridgehead atoms. The maximum absolute atomic E-state index is 12.3. The van der Waals surface area contributed by atoms with Gasteiger partial charge in [0.25, 0.3) is 11.6 Å². The molecule has 0 unspecified atom stereocenters. The number of hydrogen-bond donors (Lipinski definition) is 1. The van der Waals surface area contributed by atoms with Crippen molar-refractivity contribution >= 4 is 29.0 Å². The van der Waals surface area contributed by atoms with Gasteiger partial charge in [0.1, 0.15) is 0 Å². The van der Waals surface area contributed by atoms with Crippen molar-refractivity contribution < 1.29 is 9.72 Å². The van der Waals surface area contributed by atoms with Crippen LogP contribution in [-0.2, 0) is 6.54 Å². The molecule has 0 saturated heterocycles. The van der Waals surface area contributed by atoms with E-state index in [1.54, 1.807) is 22.9 Å². The standard InChI is InChI=1S/C18H15ClN4O3/c1-12-9-17(21-22(12)11-13-5-7-15(19)8-6-13)20-18(24)14-3-2-4-16(10-14)23(25)26/h2-10H,11H2,1H3,(H,20,21,24). The lowest BCUT2D eigenvalue weighted by Gasteiger charge is -2.05. The van der Waals surface area contributed by atoms with Gasteiger partial charge in [-0.25, -0.2) is 0 Å². The first-order valence-electron chi connectivity index (χ1n) is 7.77. The Morgan fingerprint density at radius 2 is 1.96 bits per heavy atom. The number of anilines is 1. The Morgan fingerprint density at radius 1 is 1.23 bits per heavy atom. The lowest BCUT2D eigenvalue weighted by Crippen LogP contribution is -2.13. The maximum Gasteiger partial charge on any atom is 0.270 e. The highest BCUT2D eigenvalue weighted by atomic mass is 35.5. The Morgan fingerprint density at radius 3 is 2.65 bits per heavy atom. The van der Waals surface area contributed by atoms with Crippen LogP contribution in [0, 0.1) is 17.0 Å². The number of nitro groups is 1. The lowest BCUT2D eigenvalue weighted by atomic mass is 10.2. The van der Waals surface area contributed by atoms with Gasteiger partial charge in [-0.1, -0.05) is 29.8 Å². The van der Waals surface area contributed by atoms with Gasteiger partial charge in [-0.05, 0) is 30.7 Å². The van der Waals surface area contributed by atoms with Gasteiger partial charge >= 0.3 is 0 Å². The summed E-state index contributed by atoms with van der Waals surface area (Å²) >= 11 is 5.88. The van der Waals surface area contributed by atoms with Gasteiger partial charge in [-0.15, -0.1) is 0 Å². The number of aromatic nitrogens is 2. The summed E-state index contributed by atoms with van der Waals surface area (Å²) in [6.45, 7) is 2.42. The van der Waals surface area contributed by atoms with E-state index >= 15 is 0 Å². The topological polar surface area (TPSA) is 90.1 Å². The van der Waals surface area contributed by atoms with E-state index in [4.69, 9.17) is 11.6 Å². The monoisotopic (exact) mass is 370 g/mol. The highest BCUT2D eigenvalue weighted by Crippen LogP contribution is 2.17. The van der Waals surface area contributed by atoms with Crippen molar-refractivity contribution in [3.63, 3.8) is 0 Å². The number of aryl methyl sites for hydroxylation is 1. The molecule has 8 heteroatoms. The molecule has 26 heavy (non-hydrogen) atoms. The molecule has 0 radical (unpaired) electrons. The van der Waals surface area contributed by atoms with Gasteiger partial charge in [0.2, 0.25) is 0 Å². The summed E-state index contributed by atoms with van der Waals surface area (Å²) in [6.07, 6.45) is 0. The quantitative estimate of drug-likeness (QED) is 0.541. The van der Waals surface area contributed by atoms with E-state index in [1.807, 2.05) is 19.1 Å². The summed E-state index contributed by atoms with van der Waals surface area (Å²) in [5, 5.41) is 18.5. The van der Waals surface area contributed by atoms with Crippen molar-refractivity contribution in [3.05, 3.63) is 86.6 Å². The first-order chi connectivity index (χ1) is 12.4. The summed E-state index contributed by atoms with van der Waals surface area (Å²) in [7, 11) is 0. The van der Waals surface area contributed by atoms with Crippen molar-refractivity contribution in [2.24, 2.45) is 0 Å². The maximum atomic E-state index is 12.3. The molecular weight excluding hydrogens is 356 g/mol. The Balaban J connectivity index is 1.74. The molecule has 2 aromatic carbocycles. The fourth-order valence-corrected chi connectivity index (χ4v) is 2.57. The van der Waals surface area contributed by atoms with Crippen LogP contribution in [0.15, 0.2) is 54.6 Å². The van der Waals surface area contributed by atoms with Crippen LogP contribution in [0.25, 0.3) is 0 Å². The largest absolute Gasteiger partial charge is 0.305 e. The van der Waals surface area contributed by atoms with Crippen LogP contribution >= 0.6 is 11.6 Å². The summed E-state index contributed by atoms with van der Waals surface area (Å²) in [4.78, 5) is 22.6. The molecule has 0 aliphatic rings. The Kier molecular flexibility index (Phi) is 4.99. The van der Waals surface area contributed by atoms with Crippen LogP contribution < -0.4 is 5.32 Å². The van der Waals surface area contributed by atoms with Crippen LogP contribution in [0.5, 0.6) is 0 Å². The minimum Gasteiger partial charge on any atom is -0.305 e. The fraction of sp³-hybridized carbons (Fsp3) is 0.111. The second-order valence-corrected chi connectivity index (χ2v) is 6.15. The van der Waals surface area contributed by atoms with Crippen LogP contribution in [-0.4, -0.2) is 20.6 Å². The second kappa shape index (κ2) is 7.37. The van der Waals surface area contributed by atoms with Gasteiger partial charge in [-0.3, -0.25) is 19.6 Å². The third-order valence-corrected chi connectivity index (χ3v) is 4.04. The van der Waals surface area contributed by atoms with Gasteiger partial charge in [-0.2, -0.15) is 5.10 Å². The molecule has 3 rings (SSSR count). The Bertz CT molecular complexity index is 967. The molecular formula is C18H15ClN4O3. The minimum atomic E-state index is -0.540. The molecule has 1 N–H and O–H groups in total. The first kappa shape index (κ1) is 17.6. The van der Waals surface area contributed by atoms with Crippen molar-refractivity contribution in [1.29, 1.82) is 0 Å². The molecule has 3 aromatic rings. The zero-order valence-electron chi connectivity index (χ0n) is 13.8. The Hall–Kier alpha value is -3.19. The molecule has 132 valence electrons. The van der Waals surface area contributed by atoms with Crippen molar-refractivity contribution in [2.45, 2.75) is 13.5 Å². The predicted octanol–water partition coefficient (Wildman–Crippen LogP) is 4.05. The van der Waals surface area contributed by atoms with E-state index in [0.29, 0.717) is 17.4 Å². The number of halogens is 1. The highest BCUT2D eigenvalue weighted by molar-refractivity contribution is 6.30. The molecule has 0 aliphatic heterocycles. The molecule has 1 heterocycles. The molecule has 1 amide bonds. The van der Waals surface area contributed by atoms with Gasteiger partial charge in [0.05, 0.1) is 11.5 Å². The zero-order chi connectivity index (χ0) is 18.7. The number of non-ortho nitro benzene ring substituents is 1. The summed E-state index contributed by atoms with van der Waals surface area (Å²) in [5.41, 5.74) is 1.96.